The molecule has 1 aliphatic rings. The van der Waals surface area contributed by atoms with Crippen LogP contribution in [0.4, 0.5) is 0 Å². The van der Waals surface area contributed by atoms with Crippen molar-refractivity contribution < 1.29 is 5.11 Å². The molecule has 1 saturated carbocycles. The molecule has 3 N–H and O–H groups in total. The predicted molar refractivity (Wildman–Crippen MR) is 67.5 cm³/mol. The molecule has 1 atom stereocenters. The van der Waals surface area contributed by atoms with Crippen LogP contribution in [0, 0.1) is 0 Å². The first kappa shape index (κ1) is 12.0. The summed E-state index contributed by atoms with van der Waals surface area (Å²) in [6.07, 6.45) is 3.81. The van der Waals surface area contributed by atoms with Crippen LogP contribution in [-0.2, 0) is 0 Å². The third-order valence-electron chi connectivity index (χ3n) is 3.45. The van der Waals surface area contributed by atoms with E-state index in [1.165, 1.54) is 24.8 Å². The molecule has 1 aromatic heterocycles. The molecule has 90 valence electrons. The molecule has 0 aliphatic heterocycles. The van der Waals surface area contributed by atoms with Gasteiger partial charge in [-0.1, -0.05) is 6.42 Å². The van der Waals surface area contributed by atoms with Crippen LogP contribution in [0.15, 0.2) is 16.8 Å². The minimum atomic E-state index is 0.219. The average Bonchev–Trinajstić information content (AvgIpc) is 2.70. The maximum atomic E-state index is 9.17. The molecule has 3 nitrogen and oxygen atoms in total. The molecule has 0 radical (unpaired) electrons. The van der Waals surface area contributed by atoms with Gasteiger partial charge in [-0.15, -0.1) is 0 Å². The van der Waals surface area contributed by atoms with E-state index < -0.39 is 0 Å². The lowest BCUT2D eigenvalue weighted by Crippen LogP contribution is -2.46. The summed E-state index contributed by atoms with van der Waals surface area (Å²) in [4.78, 5) is 2.38. The fourth-order valence-electron chi connectivity index (χ4n) is 2.35. The van der Waals surface area contributed by atoms with Gasteiger partial charge in [0.25, 0.3) is 0 Å². The van der Waals surface area contributed by atoms with Crippen LogP contribution in [-0.4, -0.2) is 35.7 Å². The van der Waals surface area contributed by atoms with E-state index >= 15 is 0 Å². The van der Waals surface area contributed by atoms with Crippen LogP contribution in [0.2, 0.25) is 0 Å². The Kier molecular flexibility index (Phi) is 4.35. The predicted octanol–water partition coefficient (Wildman–Crippen LogP) is 1.59. The summed E-state index contributed by atoms with van der Waals surface area (Å²) in [5.74, 6) is 0. The van der Waals surface area contributed by atoms with E-state index in [9.17, 15) is 0 Å². The molecule has 4 heteroatoms. The van der Waals surface area contributed by atoms with Crippen molar-refractivity contribution in [2.45, 2.75) is 31.3 Å². The highest BCUT2D eigenvalue weighted by Crippen LogP contribution is 2.32. The Morgan fingerprint density at radius 2 is 2.38 bits per heavy atom. The third-order valence-corrected chi connectivity index (χ3v) is 4.15. The second-order valence-corrected chi connectivity index (χ2v) is 5.13. The minimum Gasteiger partial charge on any atom is -0.395 e. The lowest BCUT2D eigenvalue weighted by molar-refractivity contribution is 0.0625. The van der Waals surface area contributed by atoms with Gasteiger partial charge < -0.3 is 10.8 Å². The van der Waals surface area contributed by atoms with Gasteiger partial charge in [0.2, 0.25) is 0 Å². The van der Waals surface area contributed by atoms with Crippen molar-refractivity contribution in [1.82, 2.24) is 4.90 Å². The fraction of sp³-hybridized carbons (Fsp3) is 0.667. The molecule has 2 rings (SSSR count). The van der Waals surface area contributed by atoms with E-state index in [4.69, 9.17) is 10.8 Å². The van der Waals surface area contributed by atoms with E-state index in [0.29, 0.717) is 12.6 Å². The van der Waals surface area contributed by atoms with Crippen LogP contribution < -0.4 is 5.73 Å². The number of rotatable bonds is 6. The van der Waals surface area contributed by atoms with Crippen molar-refractivity contribution in [3.8, 4) is 0 Å². The molecular formula is C12H20N2OS. The van der Waals surface area contributed by atoms with Crippen LogP contribution in [0.3, 0.4) is 0 Å². The van der Waals surface area contributed by atoms with Crippen molar-refractivity contribution >= 4 is 11.3 Å². The van der Waals surface area contributed by atoms with Gasteiger partial charge in [0, 0.05) is 25.2 Å². The molecule has 0 bridgehead atoms. The molecule has 1 aromatic rings. The van der Waals surface area contributed by atoms with Gasteiger partial charge in [-0.05, 0) is 35.2 Å². The summed E-state index contributed by atoms with van der Waals surface area (Å²) in [6.45, 7) is 1.59. The van der Waals surface area contributed by atoms with Gasteiger partial charge in [0.1, 0.15) is 0 Å². The maximum Gasteiger partial charge on any atom is 0.0558 e. The Balaban J connectivity index is 2.09. The summed E-state index contributed by atoms with van der Waals surface area (Å²) in [6, 6.07) is 3.05. The largest absolute Gasteiger partial charge is 0.395 e. The Bertz CT molecular complexity index is 298. The lowest BCUT2D eigenvalue weighted by atomic mass is 9.89. The summed E-state index contributed by atoms with van der Waals surface area (Å²) in [7, 11) is 0. The van der Waals surface area contributed by atoms with Crippen molar-refractivity contribution in [2.24, 2.45) is 5.73 Å². The number of thiophene rings is 1. The quantitative estimate of drug-likeness (QED) is 0.794. The van der Waals surface area contributed by atoms with Crippen LogP contribution in [0.1, 0.15) is 30.9 Å². The number of nitrogens with two attached hydrogens (primary N) is 1. The van der Waals surface area contributed by atoms with E-state index in [1.807, 2.05) is 0 Å². The smallest absolute Gasteiger partial charge is 0.0558 e. The van der Waals surface area contributed by atoms with E-state index in [-0.39, 0.29) is 12.6 Å². The van der Waals surface area contributed by atoms with E-state index in [2.05, 4.69) is 21.7 Å². The topological polar surface area (TPSA) is 49.5 Å². The van der Waals surface area contributed by atoms with E-state index in [0.717, 1.165) is 6.54 Å². The minimum absolute atomic E-state index is 0.219. The maximum absolute atomic E-state index is 9.17. The van der Waals surface area contributed by atoms with Crippen molar-refractivity contribution in [1.29, 1.82) is 0 Å². The third kappa shape index (κ3) is 2.46. The molecule has 0 amide bonds. The van der Waals surface area contributed by atoms with Crippen LogP contribution in [0.5, 0.6) is 0 Å². The highest BCUT2D eigenvalue weighted by molar-refractivity contribution is 7.07. The molecule has 1 fully saturated rings. The first-order chi connectivity index (χ1) is 7.86. The van der Waals surface area contributed by atoms with Crippen LogP contribution in [0.25, 0.3) is 0 Å². The molecule has 1 heterocycles. The Hall–Kier alpha value is -0.420. The zero-order valence-electron chi connectivity index (χ0n) is 9.51. The Labute approximate surface area is 101 Å². The van der Waals surface area contributed by atoms with Crippen LogP contribution >= 0.6 is 11.3 Å². The monoisotopic (exact) mass is 240 g/mol. The first-order valence-corrected chi connectivity index (χ1v) is 6.90. The normalized spacial score (nSPS) is 18.7. The zero-order chi connectivity index (χ0) is 11.4. The van der Waals surface area contributed by atoms with Gasteiger partial charge in [-0.3, -0.25) is 4.90 Å². The molecule has 0 saturated heterocycles. The van der Waals surface area contributed by atoms with Gasteiger partial charge in [-0.2, -0.15) is 11.3 Å². The Morgan fingerprint density at radius 1 is 1.56 bits per heavy atom. The molecule has 1 unspecified atom stereocenters. The Morgan fingerprint density at radius 3 is 2.81 bits per heavy atom. The van der Waals surface area contributed by atoms with Crippen molar-refractivity contribution in [3.05, 3.63) is 22.4 Å². The SMILES string of the molecule is NCC(c1ccsc1)N(CCO)C1CCC1. The zero-order valence-corrected chi connectivity index (χ0v) is 10.3. The summed E-state index contributed by atoms with van der Waals surface area (Å²) in [5.41, 5.74) is 7.19. The molecule has 0 aromatic carbocycles. The summed E-state index contributed by atoms with van der Waals surface area (Å²) >= 11 is 1.71. The summed E-state index contributed by atoms with van der Waals surface area (Å²) in [5, 5.41) is 13.4. The van der Waals surface area contributed by atoms with E-state index in [1.54, 1.807) is 11.3 Å². The summed E-state index contributed by atoms with van der Waals surface area (Å²) < 4.78 is 0. The van der Waals surface area contributed by atoms with Gasteiger partial charge >= 0.3 is 0 Å². The molecule has 0 spiro atoms. The van der Waals surface area contributed by atoms with Crippen molar-refractivity contribution in [2.75, 3.05) is 19.7 Å². The highest BCUT2D eigenvalue weighted by atomic mass is 32.1. The first-order valence-electron chi connectivity index (χ1n) is 5.95. The average molecular weight is 240 g/mol. The highest BCUT2D eigenvalue weighted by Gasteiger charge is 2.30. The molecular weight excluding hydrogens is 220 g/mol. The number of aliphatic hydroxyl groups is 1. The van der Waals surface area contributed by atoms with Crippen molar-refractivity contribution in [3.63, 3.8) is 0 Å². The van der Waals surface area contributed by atoms with Gasteiger partial charge in [0.15, 0.2) is 0 Å². The second kappa shape index (κ2) is 5.77. The van der Waals surface area contributed by atoms with Gasteiger partial charge in [-0.25, -0.2) is 0 Å². The molecule has 16 heavy (non-hydrogen) atoms. The lowest BCUT2D eigenvalue weighted by Gasteiger charge is -2.42. The number of aliphatic hydroxyl groups excluding tert-OH is 1. The second-order valence-electron chi connectivity index (χ2n) is 4.35. The number of hydrogen-bond donors (Lipinski definition) is 2. The number of nitrogens with zero attached hydrogens (tertiary/aromatic N) is 1. The van der Waals surface area contributed by atoms with Gasteiger partial charge in [0.05, 0.1) is 6.61 Å². The molecule has 1 aliphatic carbocycles. The fourth-order valence-corrected chi connectivity index (χ4v) is 3.06. The standard InChI is InChI=1S/C12H20N2OS/c13-8-12(10-4-7-16-9-10)14(5-6-15)11-2-1-3-11/h4,7,9,11-12,15H,1-3,5-6,8,13H2. The number of hydrogen-bond acceptors (Lipinski definition) is 4.